The molecule has 0 aromatic carbocycles. The Morgan fingerprint density at radius 2 is 2.00 bits per heavy atom. The van der Waals surface area contributed by atoms with E-state index in [1.807, 2.05) is 18.7 Å². The quantitative estimate of drug-likeness (QED) is 0.887. The summed E-state index contributed by atoms with van der Waals surface area (Å²) in [6, 6.07) is 1.78. The summed E-state index contributed by atoms with van der Waals surface area (Å²) in [5.74, 6) is 3.92. The highest BCUT2D eigenvalue weighted by Crippen LogP contribution is 2.47. The first-order chi connectivity index (χ1) is 12.4. The summed E-state index contributed by atoms with van der Waals surface area (Å²) in [4.78, 5) is 19.5. The van der Waals surface area contributed by atoms with Gasteiger partial charge in [0.1, 0.15) is 5.82 Å². The molecule has 0 spiro atoms. The Labute approximate surface area is 153 Å². The normalized spacial score (nSPS) is 23.4. The van der Waals surface area contributed by atoms with Gasteiger partial charge < -0.3 is 9.42 Å². The van der Waals surface area contributed by atoms with Crippen LogP contribution in [0.15, 0.2) is 10.6 Å². The number of carbonyl (C=O) groups is 1. The number of nitrogens with one attached hydrogen (secondary N) is 1. The van der Waals surface area contributed by atoms with Crippen LogP contribution in [0.3, 0.4) is 0 Å². The smallest absolute Gasteiger partial charge is 0.292 e. The molecule has 0 bridgehead atoms. The zero-order valence-electron chi connectivity index (χ0n) is 15.9. The molecule has 140 valence electrons. The van der Waals surface area contributed by atoms with Crippen molar-refractivity contribution in [1.29, 1.82) is 0 Å². The zero-order chi connectivity index (χ0) is 18.4. The van der Waals surface area contributed by atoms with Gasteiger partial charge in [0.15, 0.2) is 5.82 Å². The topological polar surface area (TPSA) is 87.9 Å². The minimum absolute atomic E-state index is 0.0684. The molecule has 26 heavy (non-hydrogen) atoms. The van der Waals surface area contributed by atoms with E-state index in [1.54, 1.807) is 6.07 Å². The Morgan fingerprint density at radius 1 is 1.23 bits per heavy atom. The summed E-state index contributed by atoms with van der Waals surface area (Å²) < 4.78 is 5.31. The van der Waals surface area contributed by atoms with E-state index in [0.29, 0.717) is 30.1 Å². The first kappa shape index (κ1) is 17.2. The number of likely N-dealkylation sites (tertiary alicyclic amines) is 1. The van der Waals surface area contributed by atoms with Crippen molar-refractivity contribution in [3.8, 4) is 0 Å². The molecule has 0 unspecified atom stereocenters. The average Bonchev–Trinajstić information content (AvgIpc) is 3.08. The average molecular weight is 357 g/mol. The van der Waals surface area contributed by atoms with E-state index in [9.17, 15) is 4.79 Å². The molecular formula is C19H27N5O2. The second-order valence-corrected chi connectivity index (χ2v) is 8.32. The van der Waals surface area contributed by atoms with Crippen molar-refractivity contribution < 1.29 is 9.32 Å². The van der Waals surface area contributed by atoms with E-state index in [0.717, 1.165) is 23.9 Å². The van der Waals surface area contributed by atoms with Crippen molar-refractivity contribution >= 4 is 5.91 Å². The van der Waals surface area contributed by atoms with Gasteiger partial charge >= 0.3 is 0 Å². The number of carbonyl (C=O) groups excluding carboxylic acids is 1. The molecule has 4 rings (SSSR count). The molecule has 7 heteroatoms. The van der Waals surface area contributed by atoms with Gasteiger partial charge in [-0.1, -0.05) is 32.9 Å². The molecule has 7 nitrogen and oxygen atoms in total. The predicted octanol–water partition coefficient (Wildman–Crippen LogP) is 3.31. The van der Waals surface area contributed by atoms with Gasteiger partial charge in [-0.3, -0.25) is 9.89 Å². The molecule has 2 aliphatic rings. The van der Waals surface area contributed by atoms with Gasteiger partial charge in [-0.2, -0.15) is 5.10 Å². The van der Waals surface area contributed by atoms with Crippen LogP contribution in [-0.2, 0) is 0 Å². The number of aromatic amines is 1. The van der Waals surface area contributed by atoms with Crippen molar-refractivity contribution in [2.45, 2.75) is 58.3 Å². The fraction of sp³-hybridized carbons (Fsp3) is 0.684. The van der Waals surface area contributed by atoms with Gasteiger partial charge in [-0.05, 0) is 30.6 Å². The molecule has 1 saturated carbocycles. The lowest BCUT2D eigenvalue weighted by Crippen LogP contribution is -2.28. The fourth-order valence-corrected chi connectivity index (χ4v) is 3.82. The molecule has 2 aromatic heterocycles. The maximum absolute atomic E-state index is 12.9. The first-order valence-corrected chi connectivity index (χ1v) is 9.62. The number of hydrogen-bond acceptors (Lipinski definition) is 5. The zero-order valence-corrected chi connectivity index (χ0v) is 15.9. The van der Waals surface area contributed by atoms with Crippen molar-refractivity contribution in [1.82, 2.24) is 25.2 Å². The van der Waals surface area contributed by atoms with Crippen molar-refractivity contribution in [3.63, 3.8) is 0 Å². The van der Waals surface area contributed by atoms with Crippen LogP contribution in [0.2, 0.25) is 0 Å². The number of rotatable bonds is 5. The van der Waals surface area contributed by atoms with Crippen LogP contribution in [0, 0.1) is 11.8 Å². The Balaban J connectivity index is 1.54. The first-order valence-electron chi connectivity index (χ1n) is 9.62. The molecule has 3 heterocycles. The van der Waals surface area contributed by atoms with E-state index < -0.39 is 0 Å². The summed E-state index contributed by atoms with van der Waals surface area (Å²) in [6.07, 6.45) is 2.49. The maximum Gasteiger partial charge on any atom is 0.292 e. The molecule has 1 saturated heterocycles. The van der Waals surface area contributed by atoms with Crippen molar-refractivity contribution in [2.75, 3.05) is 13.1 Å². The lowest BCUT2D eigenvalue weighted by Gasteiger charge is -2.14. The molecule has 2 atom stereocenters. The number of nitrogens with zero attached hydrogens (tertiary/aromatic N) is 4. The lowest BCUT2D eigenvalue weighted by atomic mass is 9.91. The van der Waals surface area contributed by atoms with Gasteiger partial charge in [0.05, 0.1) is 5.69 Å². The van der Waals surface area contributed by atoms with Gasteiger partial charge in [-0.25, -0.2) is 4.98 Å². The molecule has 0 radical (unpaired) electrons. The second kappa shape index (κ2) is 6.52. The van der Waals surface area contributed by atoms with E-state index in [4.69, 9.17) is 9.51 Å². The predicted molar refractivity (Wildman–Crippen MR) is 95.9 cm³/mol. The van der Waals surface area contributed by atoms with Crippen LogP contribution in [0.25, 0.3) is 0 Å². The Morgan fingerprint density at radius 3 is 2.58 bits per heavy atom. The highest BCUT2D eigenvalue weighted by Gasteiger charge is 2.46. The molecule has 2 aromatic rings. The lowest BCUT2D eigenvalue weighted by molar-refractivity contribution is 0.0743. The van der Waals surface area contributed by atoms with E-state index >= 15 is 0 Å². The van der Waals surface area contributed by atoms with Crippen molar-refractivity contribution in [3.05, 3.63) is 29.2 Å². The van der Waals surface area contributed by atoms with Gasteiger partial charge in [0.25, 0.3) is 5.91 Å². The SMILES string of the molecule is CC(C)c1cc(C(=O)N2C[C@H](c3nc(C(C)C)n[nH]3)[C@@H](C3CC3)C2)on1. The summed E-state index contributed by atoms with van der Waals surface area (Å²) in [7, 11) is 0. The minimum atomic E-state index is -0.0684. The molecule has 1 aliphatic heterocycles. The highest BCUT2D eigenvalue weighted by molar-refractivity contribution is 5.91. The molecule has 2 fully saturated rings. The van der Waals surface area contributed by atoms with E-state index in [-0.39, 0.29) is 17.7 Å². The van der Waals surface area contributed by atoms with Gasteiger partial charge in [0.2, 0.25) is 5.76 Å². The number of aromatic nitrogens is 4. The number of H-pyrrole nitrogens is 1. The van der Waals surface area contributed by atoms with Crippen LogP contribution in [0.1, 0.15) is 86.2 Å². The van der Waals surface area contributed by atoms with Crippen LogP contribution in [0.5, 0.6) is 0 Å². The summed E-state index contributed by atoms with van der Waals surface area (Å²) in [5, 5.41) is 11.5. The third-order valence-corrected chi connectivity index (χ3v) is 5.60. The molecule has 1 amide bonds. The molecule has 1 aliphatic carbocycles. The van der Waals surface area contributed by atoms with E-state index in [2.05, 4.69) is 29.2 Å². The molecule has 1 N–H and O–H groups in total. The Hall–Kier alpha value is -2.18. The second-order valence-electron chi connectivity index (χ2n) is 8.32. The van der Waals surface area contributed by atoms with Crippen LogP contribution in [-0.4, -0.2) is 44.2 Å². The van der Waals surface area contributed by atoms with Gasteiger partial charge in [0, 0.05) is 31.0 Å². The number of amides is 1. The number of hydrogen-bond donors (Lipinski definition) is 1. The monoisotopic (exact) mass is 357 g/mol. The highest BCUT2D eigenvalue weighted by atomic mass is 16.5. The summed E-state index contributed by atoms with van der Waals surface area (Å²) in [6.45, 7) is 9.67. The standard InChI is InChI=1S/C19H27N5O2/c1-10(2)15-7-16(26-23-15)19(25)24-8-13(12-5-6-12)14(9-24)18-20-17(11(3)4)21-22-18/h7,10-14H,5-6,8-9H2,1-4H3,(H,20,21,22)/t13-,14+/m1/s1. The van der Waals surface area contributed by atoms with Crippen LogP contribution in [0.4, 0.5) is 0 Å². The third kappa shape index (κ3) is 3.15. The molecular weight excluding hydrogens is 330 g/mol. The van der Waals surface area contributed by atoms with E-state index in [1.165, 1.54) is 12.8 Å². The van der Waals surface area contributed by atoms with Crippen LogP contribution < -0.4 is 0 Å². The summed E-state index contributed by atoms with van der Waals surface area (Å²) in [5.41, 5.74) is 0.819. The van der Waals surface area contributed by atoms with Crippen LogP contribution >= 0.6 is 0 Å². The minimum Gasteiger partial charge on any atom is -0.351 e. The third-order valence-electron chi connectivity index (χ3n) is 5.60. The Bertz CT molecular complexity index is 789. The largest absolute Gasteiger partial charge is 0.351 e. The fourth-order valence-electron chi connectivity index (χ4n) is 3.82. The summed E-state index contributed by atoms with van der Waals surface area (Å²) >= 11 is 0. The Kier molecular flexibility index (Phi) is 4.32. The van der Waals surface area contributed by atoms with Crippen molar-refractivity contribution in [2.24, 2.45) is 11.8 Å². The maximum atomic E-state index is 12.9. The van der Waals surface area contributed by atoms with Gasteiger partial charge in [-0.15, -0.1) is 0 Å².